The largest absolute Gasteiger partial charge is 0.366 e. The second-order valence-electron chi connectivity index (χ2n) is 11.7. The lowest BCUT2D eigenvalue weighted by Gasteiger charge is -2.43. The van der Waals surface area contributed by atoms with Crippen molar-refractivity contribution in [3.63, 3.8) is 0 Å². The zero-order valence-electron chi connectivity index (χ0n) is 24.1. The zero-order valence-corrected chi connectivity index (χ0v) is 24.9. The van der Waals surface area contributed by atoms with Gasteiger partial charge in [-0.1, -0.05) is 19.8 Å². The van der Waals surface area contributed by atoms with Crippen molar-refractivity contribution in [2.45, 2.75) is 57.4 Å². The molecule has 0 spiro atoms. The summed E-state index contributed by atoms with van der Waals surface area (Å²) in [5.41, 5.74) is 2.27. The number of carbonyl (C=O) groups is 1. The number of likely N-dealkylation sites (tertiary alicyclic amines) is 1. The summed E-state index contributed by atoms with van der Waals surface area (Å²) in [6.45, 7) is 10.1. The van der Waals surface area contributed by atoms with E-state index in [9.17, 15) is 4.79 Å². The Morgan fingerprint density at radius 1 is 0.975 bits per heavy atom. The van der Waals surface area contributed by atoms with E-state index in [4.69, 9.17) is 0 Å². The summed E-state index contributed by atoms with van der Waals surface area (Å²) in [5, 5.41) is 4.44. The van der Waals surface area contributed by atoms with Gasteiger partial charge in [-0.25, -0.2) is 15.0 Å². The van der Waals surface area contributed by atoms with Crippen molar-refractivity contribution < 1.29 is 4.79 Å². The highest BCUT2D eigenvalue weighted by molar-refractivity contribution is 7.21. The Balaban J connectivity index is 1.12. The Hall–Kier alpha value is -2.82. The van der Waals surface area contributed by atoms with Crippen LogP contribution in [0.4, 0.5) is 17.5 Å². The number of hydrogen-bond acceptors (Lipinski definition) is 9. The number of nitrogens with one attached hydrogen (secondary N) is 1. The Morgan fingerprint density at radius 2 is 1.68 bits per heavy atom. The predicted octanol–water partition coefficient (Wildman–Crippen LogP) is 4.80. The van der Waals surface area contributed by atoms with E-state index in [0.29, 0.717) is 17.7 Å². The maximum Gasteiger partial charge on any atom is 0.263 e. The van der Waals surface area contributed by atoms with Crippen LogP contribution in [-0.2, 0) is 0 Å². The smallest absolute Gasteiger partial charge is 0.263 e. The van der Waals surface area contributed by atoms with Gasteiger partial charge in [-0.15, -0.1) is 11.3 Å². The van der Waals surface area contributed by atoms with Gasteiger partial charge in [-0.05, 0) is 62.9 Å². The Kier molecular flexibility index (Phi) is 8.18. The molecule has 2 aliphatic heterocycles. The molecule has 1 aliphatic carbocycles. The van der Waals surface area contributed by atoms with Crippen molar-refractivity contribution in [2.75, 3.05) is 70.1 Å². The van der Waals surface area contributed by atoms with Crippen molar-refractivity contribution in [2.24, 2.45) is 0 Å². The van der Waals surface area contributed by atoms with Crippen molar-refractivity contribution in [3.8, 4) is 0 Å². The monoisotopic (exact) mass is 562 g/mol. The van der Waals surface area contributed by atoms with Gasteiger partial charge >= 0.3 is 0 Å². The highest BCUT2D eigenvalue weighted by Gasteiger charge is 2.29. The summed E-state index contributed by atoms with van der Waals surface area (Å²) in [7, 11) is 3.65. The summed E-state index contributed by atoms with van der Waals surface area (Å²) in [5.74, 6) is 1.77. The predicted molar refractivity (Wildman–Crippen MR) is 163 cm³/mol. The van der Waals surface area contributed by atoms with E-state index in [1.165, 1.54) is 50.9 Å². The van der Waals surface area contributed by atoms with Gasteiger partial charge in [0.15, 0.2) is 0 Å². The van der Waals surface area contributed by atoms with Crippen LogP contribution in [0.5, 0.6) is 0 Å². The molecule has 0 radical (unpaired) electrons. The second-order valence-corrected chi connectivity index (χ2v) is 12.7. The number of carbonyl (C=O) groups excluding carboxylic acids is 1. The average molecular weight is 563 g/mol. The molecule has 3 fully saturated rings. The van der Waals surface area contributed by atoms with Gasteiger partial charge in [0.05, 0.1) is 27.7 Å². The summed E-state index contributed by atoms with van der Waals surface area (Å²) in [6, 6.07) is 2.81. The first-order valence-corrected chi connectivity index (χ1v) is 15.8. The van der Waals surface area contributed by atoms with E-state index in [2.05, 4.69) is 48.0 Å². The minimum atomic E-state index is 0.0826. The molecule has 9 nitrogen and oxygen atoms in total. The quantitative estimate of drug-likeness (QED) is 0.440. The first-order chi connectivity index (χ1) is 19.5. The molecule has 3 aliphatic rings. The maximum absolute atomic E-state index is 13.0. The Bertz CT molecular complexity index is 1300. The molecule has 0 atom stereocenters. The van der Waals surface area contributed by atoms with Crippen LogP contribution >= 0.6 is 11.3 Å². The van der Waals surface area contributed by atoms with Crippen LogP contribution in [0, 0.1) is 0 Å². The molecular formula is C30H42N8OS. The third-order valence-electron chi connectivity index (χ3n) is 9.06. The highest BCUT2D eigenvalue weighted by atomic mass is 32.1. The summed E-state index contributed by atoms with van der Waals surface area (Å²) < 4.78 is 1.06. The molecule has 40 heavy (non-hydrogen) atoms. The lowest BCUT2D eigenvalue weighted by Crippen LogP contribution is -2.53. The molecule has 0 unspecified atom stereocenters. The number of thiophene rings is 1. The summed E-state index contributed by atoms with van der Waals surface area (Å²) in [4.78, 5) is 37.1. The highest BCUT2D eigenvalue weighted by Crippen LogP contribution is 2.44. The molecule has 6 rings (SSSR count). The molecule has 5 heterocycles. The first-order valence-electron chi connectivity index (χ1n) is 14.9. The summed E-state index contributed by atoms with van der Waals surface area (Å²) in [6.07, 6.45) is 13.0. The standard InChI is InChI=1S/C30H42N8OS/c1-4-36-11-9-22(10-12-36)37-13-15-38(16-14-37)23-18-32-30(33-19-23)34-26-17-24-25(20-31-26)40-28(29(39)35(2)3)27(24)21-7-5-6-8-21/h17-22H,4-16H2,1-3H3,(H,31,32,33,34). The Labute approximate surface area is 241 Å². The van der Waals surface area contributed by atoms with Gasteiger partial charge in [0.1, 0.15) is 5.82 Å². The fourth-order valence-corrected chi connectivity index (χ4v) is 7.94. The van der Waals surface area contributed by atoms with Crippen LogP contribution in [0.15, 0.2) is 24.7 Å². The van der Waals surface area contributed by atoms with E-state index in [-0.39, 0.29) is 5.91 Å². The second kappa shape index (κ2) is 12.0. The van der Waals surface area contributed by atoms with Gasteiger partial charge in [0.2, 0.25) is 5.95 Å². The van der Waals surface area contributed by atoms with Crippen LogP contribution in [0.1, 0.15) is 66.6 Å². The van der Waals surface area contributed by atoms with Crippen molar-refractivity contribution in [3.05, 3.63) is 35.1 Å². The number of piperazine rings is 1. The van der Waals surface area contributed by atoms with Gasteiger partial charge in [0, 0.05) is 57.9 Å². The molecule has 2 saturated heterocycles. The number of fused-ring (bicyclic) bond motifs is 1. The van der Waals surface area contributed by atoms with Crippen molar-refractivity contribution in [1.82, 2.24) is 29.7 Å². The molecule has 3 aromatic rings. The number of aromatic nitrogens is 3. The number of hydrogen-bond donors (Lipinski definition) is 1. The molecule has 3 aromatic heterocycles. The fourth-order valence-electron chi connectivity index (χ4n) is 6.68. The van der Waals surface area contributed by atoms with Gasteiger partial charge in [-0.2, -0.15) is 0 Å². The maximum atomic E-state index is 13.0. The number of amides is 1. The lowest BCUT2D eigenvalue weighted by molar-refractivity contribution is 0.0831. The van der Waals surface area contributed by atoms with Crippen LogP contribution < -0.4 is 10.2 Å². The minimum Gasteiger partial charge on any atom is -0.366 e. The molecule has 0 bridgehead atoms. The van der Waals surface area contributed by atoms with E-state index in [0.717, 1.165) is 65.7 Å². The van der Waals surface area contributed by atoms with E-state index < -0.39 is 0 Å². The normalized spacial score (nSPS) is 19.9. The molecule has 1 saturated carbocycles. The SMILES string of the molecule is CCN1CCC(N2CCN(c3cnc(Nc4cc5c(C6CCCC6)c(C(=O)N(C)C)sc5cn4)nc3)CC2)CC1. The van der Waals surface area contributed by atoms with E-state index in [1.807, 2.05) is 32.7 Å². The molecule has 1 amide bonds. The van der Waals surface area contributed by atoms with Crippen molar-refractivity contribution >= 4 is 44.8 Å². The number of anilines is 3. The molecule has 0 aromatic carbocycles. The zero-order chi connectivity index (χ0) is 27.6. The van der Waals surface area contributed by atoms with E-state index >= 15 is 0 Å². The van der Waals surface area contributed by atoms with Gasteiger partial charge in [0.25, 0.3) is 5.91 Å². The van der Waals surface area contributed by atoms with Crippen LogP contribution in [0.25, 0.3) is 10.1 Å². The third-order valence-corrected chi connectivity index (χ3v) is 10.2. The molecule has 1 N–H and O–H groups in total. The van der Waals surface area contributed by atoms with Crippen molar-refractivity contribution in [1.29, 1.82) is 0 Å². The van der Waals surface area contributed by atoms with Gasteiger partial charge in [-0.3, -0.25) is 9.69 Å². The number of pyridine rings is 1. The molecule has 10 heteroatoms. The van der Waals surface area contributed by atoms with Gasteiger partial charge < -0.3 is 20.0 Å². The molecular weight excluding hydrogens is 520 g/mol. The first kappa shape index (κ1) is 27.4. The third kappa shape index (κ3) is 5.66. The van der Waals surface area contributed by atoms with Crippen LogP contribution in [0.3, 0.4) is 0 Å². The van der Waals surface area contributed by atoms with Crippen LogP contribution in [0.2, 0.25) is 0 Å². The Morgan fingerprint density at radius 3 is 2.33 bits per heavy atom. The van der Waals surface area contributed by atoms with E-state index in [1.54, 1.807) is 16.2 Å². The minimum absolute atomic E-state index is 0.0826. The molecule has 214 valence electrons. The number of rotatable bonds is 7. The fraction of sp³-hybridized carbons (Fsp3) is 0.600. The number of piperidine rings is 1. The number of nitrogens with zero attached hydrogens (tertiary/aromatic N) is 7. The summed E-state index contributed by atoms with van der Waals surface area (Å²) >= 11 is 1.57. The lowest BCUT2D eigenvalue weighted by atomic mass is 9.94. The average Bonchev–Trinajstić information content (AvgIpc) is 3.65. The van der Waals surface area contributed by atoms with Crippen LogP contribution in [-0.4, -0.2) is 102 Å². The topological polar surface area (TPSA) is 80.7 Å².